The van der Waals surface area contributed by atoms with Crippen LogP contribution in [0.1, 0.15) is 17.3 Å². The van der Waals surface area contributed by atoms with Gasteiger partial charge in [-0.25, -0.2) is 0 Å². The summed E-state index contributed by atoms with van der Waals surface area (Å²) in [6, 6.07) is 12.5. The number of thiocarbonyl (C=S) groups is 1. The molecule has 5 nitrogen and oxygen atoms in total. The van der Waals surface area contributed by atoms with Crippen LogP contribution in [0.3, 0.4) is 0 Å². The topological polar surface area (TPSA) is 59.6 Å². The van der Waals surface area contributed by atoms with E-state index < -0.39 is 0 Å². The molecule has 0 saturated heterocycles. The van der Waals surface area contributed by atoms with Gasteiger partial charge in [-0.3, -0.25) is 10.1 Å². The highest BCUT2D eigenvalue weighted by atomic mass is 79.9. The minimum atomic E-state index is -0.355. The van der Waals surface area contributed by atoms with Crippen LogP contribution in [0.2, 0.25) is 0 Å². The Morgan fingerprint density at radius 2 is 2.08 bits per heavy atom. The molecule has 7 heteroatoms. The molecule has 0 aliphatic carbocycles. The van der Waals surface area contributed by atoms with Gasteiger partial charge in [-0.15, -0.1) is 0 Å². The van der Waals surface area contributed by atoms with Crippen LogP contribution >= 0.6 is 28.1 Å². The van der Waals surface area contributed by atoms with Crippen molar-refractivity contribution in [3.05, 3.63) is 65.2 Å². The molecular weight excluding hydrogens is 416 g/mol. The van der Waals surface area contributed by atoms with Gasteiger partial charge >= 0.3 is 0 Å². The fourth-order valence-electron chi connectivity index (χ4n) is 2.11. The summed E-state index contributed by atoms with van der Waals surface area (Å²) in [5.74, 6) is 0.816. The fourth-order valence-corrected chi connectivity index (χ4v) is 2.68. The minimum Gasteiger partial charge on any atom is -0.493 e. The Labute approximate surface area is 166 Å². The van der Waals surface area contributed by atoms with Gasteiger partial charge in [0.25, 0.3) is 5.91 Å². The first kappa shape index (κ1) is 19.9. The van der Waals surface area contributed by atoms with Crippen molar-refractivity contribution in [2.45, 2.75) is 6.92 Å². The summed E-state index contributed by atoms with van der Waals surface area (Å²) in [7, 11) is 0. The van der Waals surface area contributed by atoms with E-state index in [4.69, 9.17) is 21.7 Å². The van der Waals surface area contributed by atoms with Crippen LogP contribution in [0.4, 0.5) is 5.69 Å². The molecule has 0 spiro atoms. The third-order valence-electron chi connectivity index (χ3n) is 3.17. The quantitative estimate of drug-likeness (QED) is 0.494. The van der Waals surface area contributed by atoms with Crippen molar-refractivity contribution < 1.29 is 14.3 Å². The van der Waals surface area contributed by atoms with Crippen LogP contribution in [0.25, 0.3) is 0 Å². The molecule has 0 heterocycles. The fraction of sp³-hybridized carbons (Fsp3) is 0.158. The summed E-state index contributed by atoms with van der Waals surface area (Å²) in [5.41, 5.74) is 1.10. The molecule has 0 atom stereocenters. The summed E-state index contributed by atoms with van der Waals surface area (Å²) < 4.78 is 11.7. The summed E-state index contributed by atoms with van der Waals surface area (Å²) in [5, 5.41) is 5.80. The second kappa shape index (κ2) is 9.94. The summed E-state index contributed by atoms with van der Waals surface area (Å²) in [6.07, 6.45) is 1.67. The van der Waals surface area contributed by atoms with Crippen LogP contribution in [0.5, 0.6) is 11.5 Å². The first-order valence-electron chi connectivity index (χ1n) is 7.92. The number of hydrogen-bond acceptors (Lipinski definition) is 4. The molecule has 0 aliphatic heterocycles. The number of anilines is 1. The number of carbonyl (C=O) groups is 1. The largest absolute Gasteiger partial charge is 0.493 e. The van der Waals surface area contributed by atoms with Crippen LogP contribution in [-0.2, 0) is 0 Å². The molecule has 26 heavy (non-hydrogen) atoms. The van der Waals surface area contributed by atoms with Crippen LogP contribution in [0, 0.1) is 0 Å². The van der Waals surface area contributed by atoms with E-state index in [9.17, 15) is 4.79 Å². The van der Waals surface area contributed by atoms with Crippen LogP contribution < -0.4 is 20.1 Å². The summed E-state index contributed by atoms with van der Waals surface area (Å²) in [6.45, 7) is 6.34. The molecule has 0 saturated carbocycles. The highest BCUT2D eigenvalue weighted by Crippen LogP contribution is 2.23. The molecule has 2 aromatic rings. The van der Waals surface area contributed by atoms with Crippen LogP contribution in [-0.4, -0.2) is 24.2 Å². The van der Waals surface area contributed by atoms with Crippen molar-refractivity contribution in [1.29, 1.82) is 0 Å². The Hall–Kier alpha value is -2.38. The number of rotatable bonds is 7. The molecule has 2 N–H and O–H groups in total. The molecule has 1 amide bonds. The van der Waals surface area contributed by atoms with Gasteiger partial charge in [-0.1, -0.05) is 34.7 Å². The first-order valence-corrected chi connectivity index (χ1v) is 9.12. The highest BCUT2D eigenvalue weighted by molar-refractivity contribution is 9.10. The summed E-state index contributed by atoms with van der Waals surface area (Å²) in [4.78, 5) is 12.5. The van der Waals surface area contributed by atoms with Crippen molar-refractivity contribution in [2.24, 2.45) is 0 Å². The lowest BCUT2D eigenvalue weighted by molar-refractivity contribution is 0.0974. The molecule has 136 valence electrons. The molecule has 2 rings (SSSR count). The molecule has 0 aliphatic rings. The Bertz CT molecular complexity index is 811. The number of carbonyl (C=O) groups excluding carboxylic acids is 1. The molecule has 0 radical (unpaired) electrons. The third kappa shape index (κ3) is 5.86. The first-order chi connectivity index (χ1) is 12.5. The molecule has 0 fully saturated rings. The number of nitrogens with one attached hydrogen (secondary N) is 2. The molecular formula is C19H19BrN2O3S. The van der Waals surface area contributed by atoms with Crippen molar-refractivity contribution in [1.82, 2.24) is 5.32 Å². The Morgan fingerprint density at radius 3 is 2.81 bits per heavy atom. The number of amides is 1. The van der Waals surface area contributed by atoms with E-state index in [0.717, 1.165) is 4.47 Å². The monoisotopic (exact) mass is 434 g/mol. The second-order valence-electron chi connectivity index (χ2n) is 5.11. The van der Waals surface area contributed by atoms with Crippen LogP contribution in [0.15, 0.2) is 59.6 Å². The Kier molecular flexibility index (Phi) is 7.62. The van der Waals surface area contributed by atoms with E-state index in [-0.39, 0.29) is 11.0 Å². The van der Waals surface area contributed by atoms with Gasteiger partial charge in [0.05, 0.1) is 12.2 Å². The predicted molar refractivity (Wildman–Crippen MR) is 111 cm³/mol. The van der Waals surface area contributed by atoms with Crippen molar-refractivity contribution in [2.75, 3.05) is 18.5 Å². The Morgan fingerprint density at radius 1 is 1.27 bits per heavy atom. The lowest BCUT2D eigenvalue weighted by atomic mass is 10.2. The van der Waals surface area contributed by atoms with Crippen molar-refractivity contribution >= 4 is 44.9 Å². The average molecular weight is 435 g/mol. The number of ether oxygens (including phenoxy) is 2. The maximum absolute atomic E-state index is 12.5. The van der Waals surface area contributed by atoms with E-state index in [1.807, 2.05) is 31.2 Å². The standard InChI is InChI=1S/C19H19BrN2O3S/c1-3-10-25-15-7-5-6-14(12-15)21-19(26)22-18(23)16-11-13(20)8-9-17(16)24-4-2/h3,5-9,11-12H,1,4,10H2,2H3,(H2,21,22,23,26). The lowest BCUT2D eigenvalue weighted by Crippen LogP contribution is -2.34. The zero-order chi connectivity index (χ0) is 18.9. The molecule has 0 bridgehead atoms. The normalized spacial score (nSPS) is 9.92. The van der Waals surface area contributed by atoms with E-state index in [1.54, 1.807) is 24.3 Å². The van der Waals surface area contributed by atoms with E-state index in [0.29, 0.717) is 36.0 Å². The lowest BCUT2D eigenvalue weighted by Gasteiger charge is -2.13. The summed E-state index contributed by atoms with van der Waals surface area (Å²) >= 11 is 8.59. The van der Waals surface area contributed by atoms with Gasteiger partial charge < -0.3 is 14.8 Å². The van der Waals surface area contributed by atoms with Gasteiger partial charge in [0.2, 0.25) is 0 Å². The van der Waals surface area contributed by atoms with Gasteiger partial charge in [0, 0.05) is 16.2 Å². The highest BCUT2D eigenvalue weighted by Gasteiger charge is 2.14. The third-order valence-corrected chi connectivity index (χ3v) is 3.87. The second-order valence-corrected chi connectivity index (χ2v) is 6.43. The number of halogens is 1. The van der Waals surface area contributed by atoms with Gasteiger partial charge in [-0.2, -0.15) is 0 Å². The molecule has 2 aromatic carbocycles. The predicted octanol–water partition coefficient (Wildman–Crippen LogP) is 4.54. The smallest absolute Gasteiger partial charge is 0.261 e. The molecule has 0 unspecified atom stereocenters. The zero-order valence-corrected chi connectivity index (χ0v) is 16.7. The Balaban J connectivity index is 2.05. The zero-order valence-electron chi connectivity index (χ0n) is 14.3. The van der Waals surface area contributed by atoms with E-state index in [1.165, 1.54) is 0 Å². The molecule has 0 aromatic heterocycles. The van der Waals surface area contributed by atoms with E-state index >= 15 is 0 Å². The van der Waals surface area contributed by atoms with Gasteiger partial charge in [-0.05, 0) is 49.5 Å². The maximum atomic E-state index is 12.5. The van der Waals surface area contributed by atoms with Crippen molar-refractivity contribution in [3.8, 4) is 11.5 Å². The average Bonchev–Trinajstić information content (AvgIpc) is 2.61. The SMILES string of the molecule is C=CCOc1cccc(NC(=S)NC(=O)c2cc(Br)ccc2OCC)c1. The number of hydrogen-bond donors (Lipinski definition) is 2. The van der Waals surface area contributed by atoms with Gasteiger partial charge in [0.15, 0.2) is 5.11 Å². The number of benzene rings is 2. The maximum Gasteiger partial charge on any atom is 0.261 e. The van der Waals surface area contributed by atoms with Gasteiger partial charge in [0.1, 0.15) is 18.1 Å². The van der Waals surface area contributed by atoms with E-state index in [2.05, 4.69) is 33.1 Å². The van der Waals surface area contributed by atoms with Crippen molar-refractivity contribution in [3.63, 3.8) is 0 Å². The minimum absolute atomic E-state index is 0.179.